The standard InChI is InChI=1S/C42H27BN2S2/c1-3-13-26(14-4-1)28-25-29(27-15-5-2-6-16-27)40-38-39(28)44-32-19-7-9-21-34(32)46-36-23-11-17-30(41(36)44)43(38)31-18-12-24-37-42(31)45(40)33-20-8-10-22-35(33)47-37/h1-15,17-25,27H,16H2. The van der Waals surface area contributed by atoms with E-state index >= 15 is 0 Å². The molecule has 1 unspecified atom stereocenters. The van der Waals surface area contributed by atoms with Crippen molar-refractivity contribution in [1.29, 1.82) is 0 Å². The van der Waals surface area contributed by atoms with E-state index in [1.807, 2.05) is 23.5 Å². The molecule has 1 aliphatic carbocycles. The Morgan fingerprint density at radius 1 is 0.553 bits per heavy atom. The van der Waals surface area contributed by atoms with E-state index in [1.54, 1.807) is 0 Å². The second-order valence-electron chi connectivity index (χ2n) is 12.8. The highest BCUT2D eigenvalue weighted by atomic mass is 32.2. The summed E-state index contributed by atoms with van der Waals surface area (Å²) in [6, 6.07) is 45.6. The average Bonchev–Trinajstić information content (AvgIpc) is 3.14. The first kappa shape index (κ1) is 26.3. The van der Waals surface area contributed by atoms with Crippen LogP contribution in [0.15, 0.2) is 165 Å². The minimum Gasteiger partial charge on any atom is -0.309 e. The summed E-state index contributed by atoms with van der Waals surface area (Å²) in [5.74, 6) is 0.274. The van der Waals surface area contributed by atoms with Crippen LogP contribution in [0.2, 0.25) is 0 Å². The Bertz CT molecular complexity index is 2370. The molecule has 0 fully saturated rings. The van der Waals surface area contributed by atoms with Crippen molar-refractivity contribution < 1.29 is 0 Å². The van der Waals surface area contributed by atoms with Gasteiger partial charge in [-0.05, 0) is 76.4 Å². The van der Waals surface area contributed by atoms with Crippen LogP contribution in [0.25, 0.3) is 11.1 Å². The van der Waals surface area contributed by atoms with Crippen molar-refractivity contribution in [2.45, 2.75) is 31.9 Å². The van der Waals surface area contributed by atoms with Crippen LogP contribution in [0.4, 0.5) is 34.1 Å². The summed E-state index contributed by atoms with van der Waals surface area (Å²) in [5.41, 5.74) is 16.0. The quantitative estimate of drug-likeness (QED) is 0.175. The molecule has 0 bridgehead atoms. The Labute approximate surface area is 283 Å². The maximum Gasteiger partial charge on any atom is 0.252 e. The number of benzene rings is 6. The molecule has 0 saturated carbocycles. The lowest BCUT2D eigenvalue weighted by molar-refractivity contribution is 0.852. The Morgan fingerprint density at radius 3 is 1.79 bits per heavy atom. The molecule has 2 nitrogen and oxygen atoms in total. The minimum atomic E-state index is 0.111. The maximum absolute atomic E-state index is 2.64. The first-order valence-corrected chi connectivity index (χ1v) is 18.0. The molecule has 0 amide bonds. The fraction of sp³-hybridized carbons (Fsp3) is 0.0476. The van der Waals surface area contributed by atoms with Gasteiger partial charge >= 0.3 is 0 Å². The predicted molar refractivity (Wildman–Crippen MR) is 200 cm³/mol. The van der Waals surface area contributed by atoms with Gasteiger partial charge in [-0.15, -0.1) is 0 Å². The summed E-state index contributed by atoms with van der Waals surface area (Å²) >= 11 is 3.82. The zero-order valence-electron chi connectivity index (χ0n) is 25.4. The van der Waals surface area contributed by atoms with E-state index in [1.165, 1.54) is 86.8 Å². The third-order valence-electron chi connectivity index (χ3n) is 10.3. The Kier molecular flexibility index (Phi) is 5.50. The highest BCUT2D eigenvalue weighted by molar-refractivity contribution is 8.00. The Morgan fingerprint density at radius 2 is 1.15 bits per heavy atom. The van der Waals surface area contributed by atoms with E-state index in [-0.39, 0.29) is 12.6 Å². The first-order chi connectivity index (χ1) is 23.3. The summed E-state index contributed by atoms with van der Waals surface area (Å²) < 4.78 is 0. The summed E-state index contributed by atoms with van der Waals surface area (Å²) in [6.45, 7) is 0.111. The topological polar surface area (TPSA) is 6.48 Å². The monoisotopic (exact) mass is 634 g/mol. The molecule has 0 radical (unpaired) electrons. The van der Waals surface area contributed by atoms with Crippen molar-refractivity contribution in [3.05, 3.63) is 151 Å². The first-order valence-electron chi connectivity index (χ1n) is 16.3. The van der Waals surface area contributed by atoms with Gasteiger partial charge in [0.15, 0.2) is 0 Å². The van der Waals surface area contributed by atoms with Crippen molar-refractivity contribution in [2.75, 3.05) is 9.80 Å². The normalized spacial score (nSPS) is 17.0. The Hall–Kier alpha value is -4.84. The molecule has 4 heterocycles. The number of nitrogens with zero attached hydrogens (tertiary/aromatic N) is 2. The van der Waals surface area contributed by atoms with Crippen molar-refractivity contribution >= 4 is 80.7 Å². The molecular weight excluding hydrogens is 607 g/mol. The van der Waals surface area contributed by atoms with Gasteiger partial charge < -0.3 is 9.80 Å². The van der Waals surface area contributed by atoms with Crippen LogP contribution in [0.5, 0.6) is 0 Å². The molecule has 5 heteroatoms. The molecule has 5 aliphatic rings. The highest BCUT2D eigenvalue weighted by Gasteiger charge is 2.49. The molecule has 6 aromatic rings. The summed E-state index contributed by atoms with van der Waals surface area (Å²) in [5, 5.41) is 0. The predicted octanol–water partition coefficient (Wildman–Crippen LogP) is 9.97. The molecule has 1 atom stereocenters. The zero-order chi connectivity index (χ0) is 30.6. The average molecular weight is 635 g/mol. The van der Waals surface area contributed by atoms with Gasteiger partial charge in [0, 0.05) is 36.8 Å². The fourth-order valence-corrected chi connectivity index (χ4v) is 10.7. The summed E-state index contributed by atoms with van der Waals surface area (Å²) in [6.07, 6.45) is 10.2. The highest BCUT2D eigenvalue weighted by Crippen LogP contribution is 2.59. The van der Waals surface area contributed by atoms with Crippen LogP contribution in [0.3, 0.4) is 0 Å². The van der Waals surface area contributed by atoms with Gasteiger partial charge in [0.05, 0.1) is 28.4 Å². The molecule has 11 rings (SSSR count). The second kappa shape index (κ2) is 9.84. The number of allylic oxidation sites excluding steroid dienone is 4. The van der Waals surface area contributed by atoms with Crippen molar-refractivity contribution in [3.8, 4) is 11.1 Å². The van der Waals surface area contributed by atoms with E-state index in [4.69, 9.17) is 0 Å². The fourth-order valence-electron chi connectivity index (χ4n) is 8.47. The second-order valence-corrected chi connectivity index (χ2v) is 14.9. The van der Waals surface area contributed by atoms with E-state index in [0.717, 1.165) is 6.42 Å². The van der Waals surface area contributed by atoms with E-state index in [2.05, 4.69) is 155 Å². The van der Waals surface area contributed by atoms with Crippen LogP contribution in [-0.4, -0.2) is 6.71 Å². The number of anilines is 6. The lowest BCUT2D eigenvalue weighted by atomic mass is 9.33. The van der Waals surface area contributed by atoms with Crippen LogP contribution in [0.1, 0.15) is 17.9 Å². The molecule has 4 aliphatic heterocycles. The number of para-hydroxylation sites is 4. The summed E-state index contributed by atoms with van der Waals surface area (Å²) in [7, 11) is 0. The SMILES string of the molecule is C1=CCC(c2cc(-c3ccccc3)c3c4c2N2c5ccccc5Sc5cccc(c52)B4c2cccc4c2N3c2ccccc2S4)C=C1. The number of fused-ring (bicyclic) bond motifs is 8. The third-order valence-corrected chi connectivity index (χ3v) is 12.6. The van der Waals surface area contributed by atoms with Gasteiger partial charge in [-0.1, -0.05) is 127 Å². The third kappa shape index (κ3) is 3.56. The van der Waals surface area contributed by atoms with Crippen LogP contribution < -0.4 is 26.2 Å². The van der Waals surface area contributed by atoms with Crippen LogP contribution >= 0.6 is 23.5 Å². The molecule has 0 saturated heterocycles. The Balaban J connectivity index is 1.35. The molecule has 6 aromatic carbocycles. The molecular formula is C42H27BN2S2. The van der Waals surface area contributed by atoms with Crippen LogP contribution in [-0.2, 0) is 0 Å². The zero-order valence-corrected chi connectivity index (χ0v) is 27.1. The molecule has 0 aromatic heterocycles. The molecule has 0 N–H and O–H groups in total. The van der Waals surface area contributed by atoms with Gasteiger partial charge in [0.1, 0.15) is 0 Å². The minimum absolute atomic E-state index is 0.111. The van der Waals surface area contributed by atoms with Gasteiger partial charge in [0.25, 0.3) is 6.71 Å². The summed E-state index contributed by atoms with van der Waals surface area (Å²) in [4.78, 5) is 10.5. The molecule has 47 heavy (non-hydrogen) atoms. The van der Waals surface area contributed by atoms with Gasteiger partial charge in [-0.25, -0.2) is 0 Å². The smallest absolute Gasteiger partial charge is 0.252 e. The maximum atomic E-state index is 2.64. The van der Waals surface area contributed by atoms with E-state index in [0.29, 0.717) is 0 Å². The molecule has 220 valence electrons. The van der Waals surface area contributed by atoms with Crippen LogP contribution in [0, 0.1) is 0 Å². The van der Waals surface area contributed by atoms with E-state index in [9.17, 15) is 0 Å². The number of rotatable bonds is 2. The van der Waals surface area contributed by atoms with Crippen molar-refractivity contribution in [3.63, 3.8) is 0 Å². The lowest BCUT2D eigenvalue weighted by Crippen LogP contribution is -2.62. The van der Waals surface area contributed by atoms with Crippen molar-refractivity contribution in [1.82, 2.24) is 0 Å². The number of hydrogen-bond donors (Lipinski definition) is 0. The lowest BCUT2D eigenvalue weighted by Gasteiger charge is -2.49. The van der Waals surface area contributed by atoms with Gasteiger partial charge in [-0.3, -0.25) is 0 Å². The number of hydrogen-bond acceptors (Lipinski definition) is 4. The van der Waals surface area contributed by atoms with E-state index < -0.39 is 0 Å². The van der Waals surface area contributed by atoms with Gasteiger partial charge in [-0.2, -0.15) is 0 Å². The van der Waals surface area contributed by atoms with Crippen molar-refractivity contribution in [2.24, 2.45) is 0 Å². The molecule has 0 spiro atoms. The van der Waals surface area contributed by atoms with Gasteiger partial charge in [0.2, 0.25) is 0 Å². The largest absolute Gasteiger partial charge is 0.309 e.